The lowest BCUT2D eigenvalue weighted by Crippen LogP contribution is -2.39. The van der Waals surface area contributed by atoms with Gasteiger partial charge in [0.15, 0.2) is 5.69 Å². The first kappa shape index (κ1) is 25.5. The summed E-state index contributed by atoms with van der Waals surface area (Å²) in [6.45, 7) is 5.12. The highest BCUT2D eigenvalue weighted by molar-refractivity contribution is 7.98. The molecule has 2 N–H and O–H groups in total. The standard InChI is InChI=1S/C25H25N5O3S.C2H6/c1-34-19-11-9-18(10-12-19)30-23-20(22(27-30)24(26)32)13-15-29(25(23)33)17-7-5-16(6-8-17)28-14-3-2-4-21(28)31;1-2/h5-12H,2-4,13-15H2,1H3,(H2,26,32);1-2H3. The number of piperidine rings is 1. The van der Waals surface area contributed by atoms with Crippen molar-refractivity contribution in [3.8, 4) is 5.69 Å². The van der Waals surface area contributed by atoms with Crippen LogP contribution in [0.2, 0.25) is 0 Å². The fourth-order valence-corrected chi connectivity index (χ4v) is 5.01. The van der Waals surface area contributed by atoms with Gasteiger partial charge in [0, 0.05) is 41.3 Å². The Kier molecular flexibility index (Phi) is 7.79. The maximum absolute atomic E-state index is 13.7. The van der Waals surface area contributed by atoms with Gasteiger partial charge < -0.3 is 15.5 Å². The predicted molar refractivity (Wildman–Crippen MR) is 143 cm³/mol. The third kappa shape index (κ3) is 4.75. The lowest BCUT2D eigenvalue weighted by atomic mass is 10.0. The lowest BCUT2D eigenvalue weighted by Gasteiger charge is -2.29. The summed E-state index contributed by atoms with van der Waals surface area (Å²) in [6, 6.07) is 15.1. The van der Waals surface area contributed by atoms with Gasteiger partial charge in [0.2, 0.25) is 5.91 Å². The first-order valence-corrected chi connectivity index (χ1v) is 13.5. The van der Waals surface area contributed by atoms with Gasteiger partial charge in [-0.3, -0.25) is 14.4 Å². The number of hydrogen-bond acceptors (Lipinski definition) is 5. The molecular formula is C27H31N5O3S. The topological polar surface area (TPSA) is 102 Å². The van der Waals surface area contributed by atoms with Gasteiger partial charge in [0.05, 0.1) is 5.69 Å². The Morgan fingerprint density at radius 3 is 2.06 bits per heavy atom. The summed E-state index contributed by atoms with van der Waals surface area (Å²) >= 11 is 1.62. The van der Waals surface area contributed by atoms with Crippen molar-refractivity contribution in [1.82, 2.24) is 9.78 Å². The summed E-state index contributed by atoms with van der Waals surface area (Å²) in [6.07, 6.45) is 4.95. The van der Waals surface area contributed by atoms with E-state index >= 15 is 0 Å². The fraction of sp³-hybridized carbons (Fsp3) is 0.333. The van der Waals surface area contributed by atoms with Crippen molar-refractivity contribution in [3.05, 3.63) is 65.5 Å². The van der Waals surface area contributed by atoms with Crippen LogP contribution in [0.25, 0.3) is 5.69 Å². The third-order valence-corrected chi connectivity index (χ3v) is 7.11. The number of carbonyl (C=O) groups excluding carboxylic acids is 3. The second-order valence-corrected chi connectivity index (χ2v) is 9.26. The molecule has 8 nitrogen and oxygen atoms in total. The Morgan fingerprint density at radius 2 is 1.47 bits per heavy atom. The fourth-order valence-electron chi connectivity index (χ4n) is 4.61. The molecule has 1 fully saturated rings. The number of rotatable bonds is 5. The Balaban J connectivity index is 0.00000148. The predicted octanol–water partition coefficient (Wildman–Crippen LogP) is 4.44. The average Bonchev–Trinajstić information content (AvgIpc) is 3.32. The van der Waals surface area contributed by atoms with Crippen molar-refractivity contribution in [2.45, 2.75) is 44.4 Å². The average molecular weight is 506 g/mol. The molecule has 2 aromatic carbocycles. The summed E-state index contributed by atoms with van der Waals surface area (Å²) in [4.78, 5) is 42.6. The van der Waals surface area contributed by atoms with E-state index in [-0.39, 0.29) is 17.5 Å². The second-order valence-electron chi connectivity index (χ2n) is 8.38. The molecule has 0 spiro atoms. The van der Waals surface area contributed by atoms with Gasteiger partial charge >= 0.3 is 0 Å². The Bertz CT molecular complexity index is 1270. The van der Waals surface area contributed by atoms with E-state index in [4.69, 9.17) is 5.73 Å². The molecule has 36 heavy (non-hydrogen) atoms. The minimum absolute atomic E-state index is 0.132. The van der Waals surface area contributed by atoms with Gasteiger partial charge in [0.25, 0.3) is 11.8 Å². The maximum Gasteiger partial charge on any atom is 0.277 e. The number of anilines is 2. The van der Waals surface area contributed by atoms with Crippen LogP contribution < -0.4 is 15.5 Å². The number of hydrogen-bond donors (Lipinski definition) is 1. The largest absolute Gasteiger partial charge is 0.364 e. The number of nitrogens with two attached hydrogens (primary N) is 1. The molecular weight excluding hydrogens is 474 g/mol. The Morgan fingerprint density at radius 1 is 0.861 bits per heavy atom. The zero-order chi connectivity index (χ0) is 25.8. The third-order valence-electron chi connectivity index (χ3n) is 6.36. The quantitative estimate of drug-likeness (QED) is 0.517. The highest BCUT2D eigenvalue weighted by Gasteiger charge is 2.34. The summed E-state index contributed by atoms with van der Waals surface area (Å²) < 4.78 is 1.52. The second kappa shape index (κ2) is 11.0. The van der Waals surface area contributed by atoms with Crippen LogP contribution in [0, 0.1) is 0 Å². The lowest BCUT2D eigenvalue weighted by molar-refractivity contribution is -0.119. The van der Waals surface area contributed by atoms with E-state index < -0.39 is 5.91 Å². The van der Waals surface area contributed by atoms with Gasteiger partial charge in [-0.2, -0.15) is 5.10 Å². The number of thioether (sulfide) groups is 1. The van der Waals surface area contributed by atoms with Crippen LogP contribution in [-0.4, -0.2) is 46.8 Å². The molecule has 0 unspecified atom stereocenters. The monoisotopic (exact) mass is 505 g/mol. The molecule has 0 bridgehead atoms. The minimum Gasteiger partial charge on any atom is -0.364 e. The summed E-state index contributed by atoms with van der Waals surface area (Å²) in [5, 5.41) is 4.42. The first-order chi connectivity index (χ1) is 17.5. The molecule has 5 rings (SSSR count). The molecule has 3 amide bonds. The molecule has 2 aliphatic rings. The summed E-state index contributed by atoms with van der Waals surface area (Å²) in [5.74, 6) is -0.752. The minimum atomic E-state index is -0.646. The van der Waals surface area contributed by atoms with E-state index in [2.05, 4.69) is 5.10 Å². The molecule has 3 heterocycles. The molecule has 0 saturated carbocycles. The summed E-state index contributed by atoms with van der Waals surface area (Å²) in [5.41, 5.74) is 8.92. The number of benzene rings is 2. The molecule has 1 aromatic heterocycles. The van der Waals surface area contributed by atoms with E-state index in [0.717, 1.165) is 29.1 Å². The zero-order valence-corrected chi connectivity index (χ0v) is 21.7. The molecule has 3 aromatic rings. The normalized spacial score (nSPS) is 15.3. The number of amides is 3. The molecule has 9 heteroatoms. The van der Waals surface area contributed by atoms with Crippen molar-refractivity contribution in [1.29, 1.82) is 0 Å². The van der Waals surface area contributed by atoms with Crippen LogP contribution >= 0.6 is 11.8 Å². The van der Waals surface area contributed by atoms with Gasteiger partial charge in [-0.1, -0.05) is 13.8 Å². The van der Waals surface area contributed by atoms with Crippen LogP contribution in [-0.2, 0) is 11.2 Å². The Labute approximate surface area is 215 Å². The summed E-state index contributed by atoms with van der Waals surface area (Å²) in [7, 11) is 0. The highest BCUT2D eigenvalue weighted by Crippen LogP contribution is 2.31. The number of primary amides is 1. The molecule has 0 atom stereocenters. The number of fused-ring (bicyclic) bond motifs is 1. The first-order valence-electron chi connectivity index (χ1n) is 12.3. The Hall–Kier alpha value is -3.59. The molecule has 2 aliphatic heterocycles. The van der Waals surface area contributed by atoms with Crippen LogP contribution in [0.3, 0.4) is 0 Å². The van der Waals surface area contributed by atoms with E-state index in [9.17, 15) is 14.4 Å². The number of aromatic nitrogens is 2. The smallest absolute Gasteiger partial charge is 0.277 e. The number of carbonyl (C=O) groups is 3. The van der Waals surface area contributed by atoms with Gasteiger partial charge in [-0.05, 0) is 74.0 Å². The molecule has 0 aliphatic carbocycles. The highest BCUT2D eigenvalue weighted by atomic mass is 32.2. The van der Waals surface area contributed by atoms with E-state index in [1.165, 1.54) is 4.68 Å². The zero-order valence-electron chi connectivity index (χ0n) is 20.9. The van der Waals surface area contributed by atoms with Crippen molar-refractivity contribution in [3.63, 3.8) is 0 Å². The molecule has 0 radical (unpaired) electrons. The number of nitrogens with zero attached hydrogens (tertiary/aromatic N) is 4. The van der Waals surface area contributed by atoms with Gasteiger partial charge in [-0.25, -0.2) is 4.68 Å². The van der Waals surface area contributed by atoms with Gasteiger partial charge in [0.1, 0.15) is 5.69 Å². The van der Waals surface area contributed by atoms with Crippen LogP contribution in [0.1, 0.15) is 59.7 Å². The van der Waals surface area contributed by atoms with Crippen LogP contribution in [0.4, 0.5) is 11.4 Å². The van der Waals surface area contributed by atoms with E-state index in [1.807, 2.05) is 68.6 Å². The molecule has 188 valence electrons. The van der Waals surface area contributed by atoms with Crippen LogP contribution in [0.5, 0.6) is 0 Å². The van der Waals surface area contributed by atoms with E-state index in [0.29, 0.717) is 42.9 Å². The van der Waals surface area contributed by atoms with Gasteiger partial charge in [-0.15, -0.1) is 11.8 Å². The van der Waals surface area contributed by atoms with Crippen LogP contribution in [0.15, 0.2) is 53.4 Å². The van der Waals surface area contributed by atoms with Crippen molar-refractivity contribution in [2.24, 2.45) is 5.73 Å². The SMILES string of the molecule is CC.CSc1ccc(-n2nc(C(N)=O)c3c2C(=O)N(c2ccc(N4CCCCC4=O)cc2)CC3)cc1. The maximum atomic E-state index is 13.7. The molecule has 1 saturated heterocycles. The van der Waals surface area contributed by atoms with E-state index in [1.54, 1.807) is 21.6 Å². The van der Waals surface area contributed by atoms with Crippen molar-refractivity contribution >= 4 is 40.9 Å². The van der Waals surface area contributed by atoms with Crippen molar-refractivity contribution in [2.75, 3.05) is 29.1 Å². The van der Waals surface area contributed by atoms with Crippen molar-refractivity contribution < 1.29 is 14.4 Å².